The van der Waals surface area contributed by atoms with Gasteiger partial charge in [-0.2, -0.15) is 0 Å². The lowest BCUT2D eigenvalue weighted by atomic mass is 10.2. The smallest absolute Gasteiger partial charge is 0.145 e. The number of rotatable bonds is 5. The third kappa shape index (κ3) is 3.68. The molecule has 1 aromatic rings. The molecule has 0 heterocycles. The van der Waals surface area contributed by atoms with Crippen LogP contribution in [0.25, 0.3) is 0 Å². The van der Waals surface area contributed by atoms with Crippen molar-refractivity contribution in [2.24, 2.45) is 0 Å². The summed E-state index contributed by atoms with van der Waals surface area (Å²) >= 11 is 5.57. The van der Waals surface area contributed by atoms with Gasteiger partial charge in [-0.1, -0.05) is 18.5 Å². The molecule has 0 aliphatic carbocycles. The Kier molecular flexibility index (Phi) is 4.85. The molecule has 0 bridgehead atoms. The van der Waals surface area contributed by atoms with Gasteiger partial charge in [0.25, 0.3) is 0 Å². The van der Waals surface area contributed by atoms with Crippen LogP contribution in [0.2, 0.25) is 5.02 Å². The minimum Gasteiger partial charge on any atom is -0.489 e. The quantitative estimate of drug-likeness (QED) is 0.842. The second-order valence-corrected chi connectivity index (χ2v) is 3.69. The van der Waals surface area contributed by atoms with E-state index in [0.717, 1.165) is 13.0 Å². The zero-order chi connectivity index (χ0) is 11.3. The molecule has 0 aliphatic heterocycles. The van der Waals surface area contributed by atoms with Crippen LogP contribution in [0.15, 0.2) is 18.2 Å². The summed E-state index contributed by atoms with van der Waals surface area (Å²) in [5.41, 5.74) is 0. The molecular weight excluding hydrogens is 217 g/mol. The molecule has 1 atom stereocenters. The highest BCUT2D eigenvalue weighted by Crippen LogP contribution is 2.21. The Hall–Kier alpha value is -0.800. The fourth-order valence-corrected chi connectivity index (χ4v) is 1.36. The van der Waals surface area contributed by atoms with Crippen molar-refractivity contribution in [2.75, 3.05) is 13.6 Å². The standard InChI is InChI=1S/C11H15ClFNO/c1-3-8(7-14-2)15-9-4-5-10(12)11(13)6-9/h4-6,8,14H,3,7H2,1-2H3. The van der Waals surface area contributed by atoms with E-state index in [0.29, 0.717) is 5.75 Å². The second-order valence-electron chi connectivity index (χ2n) is 3.28. The Balaban J connectivity index is 2.66. The first-order valence-electron chi connectivity index (χ1n) is 4.93. The van der Waals surface area contributed by atoms with E-state index < -0.39 is 5.82 Å². The van der Waals surface area contributed by atoms with E-state index in [1.807, 2.05) is 14.0 Å². The number of halogens is 2. The van der Waals surface area contributed by atoms with Crippen molar-refractivity contribution in [1.29, 1.82) is 0 Å². The number of ether oxygens (including phenoxy) is 1. The van der Waals surface area contributed by atoms with Gasteiger partial charge in [0.15, 0.2) is 0 Å². The van der Waals surface area contributed by atoms with Crippen molar-refractivity contribution in [2.45, 2.75) is 19.4 Å². The Morgan fingerprint density at radius 2 is 2.27 bits per heavy atom. The predicted molar refractivity (Wildman–Crippen MR) is 60.0 cm³/mol. The highest BCUT2D eigenvalue weighted by Gasteiger charge is 2.08. The number of hydrogen-bond donors (Lipinski definition) is 1. The van der Waals surface area contributed by atoms with Gasteiger partial charge in [0.2, 0.25) is 0 Å². The molecule has 1 unspecified atom stereocenters. The molecular formula is C11H15ClFNO. The number of nitrogens with one attached hydrogen (secondary N) is 1. The Labute approximate surface area is 94.4 Å². The monoisotopic (exact) mass is 231 g/mol. The molecule has 0 saturated carbocycles. The number of likely N-dealkylation sites (N-methyl/N-ethyl adjacent to an activating group) is 1. The third-order valence-electron chi connectivity index (χ3n) is 2.08. The van der Waals surface area contributed by atoms with E-state index in [1.54, 1.807) is 6.07 Å². The van der Waals surface area contributed by atoms with Crippen LogP contribution in [0.3, 0.4) is 0 Å². The van der Waals surface area contributed by atoms with Crippen molar-refractivity contribution < 1.29 is 9.13 Å². The average Bonchev–Trinajstić information content (AvgIpc) is 2.23. The lowest BCUT2D eigenvalue weighted by Gasteiger charge is -2.17. The minimum absolute atomic E-state index is 0.0515. The van der Waals surface area contributed by atoms with Crippen LogP contribution in [-0.2, 0) is 0 Å². The van der Waals surface area contributed by atoms with Gasteiger partial charge in [-0.05, 0) is 25.6 Å². The van der Waals surface area contributed by atoms with Crippen LogP contribution in [0.4, 0.5) is 4.39 Å². The Bertz CT molecular complexity index is 319. The van der Waals surface area contributed by atoms with Crippen LogP contribution < -0.4 is 10.1 Å². The first-order valence-corrected chi connectivity index (χ1v) is 5.31. The predicted octanol–water partition coefficient (Wildman–Crippen LogP) is 2.86. The van der Waals surface area contributed by atoms with E-state index in [4.69, 9.17) is 16.3 Å². The summed E-state index contributed by atoms with van der Waals surface area (Å²) in [6.45, 7) is 2.76. The van der Waals surface area contributed by atoms with E-state index in [1.165, 1.54) is 12.1 Å². The molecule has 1 rings (SSSR count). The molecule has 0 aliphatic rings. The first kappa shape index (κ1) is 12.3. The van der Waals surface area contributed by atoms with Gasteiger partial charge in [0.1, 0.15) is 17.7 Å². The van der Waals surface area contributed by atoms with Crippen molar-refractivity contribution in [3.63, 3.8) is 0 Å². The molecule has 84 valence electrons. The van der Waals surface area contributed by atoms with Crippen molar-refractivity contribution >= 4 is 11.6 Å². The highest BCUT2D eigenvalue weighted by atomic mass is 35.5. The maximum Gasteiger partial charge on any atom is 0.145 e. The number of hydrogen-bond acceptors (Lipinski definition) is 2. The van der Waals surface area contributed by atoms with Crippen molar-refractivity contribution in [1.82, 2.24) is 5.32 Å². The molecule has 0 radical (unpaired) electrons. The summed E-state index contributed by atoms with van der Waals surface area (Å²) in [6, 6.07) is 4.47. The van der Waals surface area contributed by atoms with Gasteiger partial charge in [-0.25, -0.2) is 4.39 Å². The summed E-state index contributed by atoms with van der Waals surface area (Å²) in [5.74, 6) is 0.0625. The summed E-state index contributed by atoms with van der Waals surface area (Å²) in [4.78, 5) is 0. The molecule has 0 amide bonds. The van der Waals surface area contributed by atoms with Gasteiger partial charge in [-0.3, -0.25) is 0 Å². The van der Waals surface area contributed by atoms with Crippen molar-refractivity contribution in [3.05, 3.63) is 29.0 Å². The SMILES string of the molecule is CCC(CNC)Oc1ccc(Cl)c(F)c1. The third-order valence-corrected chi connectivity index (χ3v) is 2.39. The lowest BCUT2D eigenvalue weighted by Crippen LogP contribution is -2.28. The Morgan fingerprint density at radius 1 is 1.53 bits per heavy atom. The molecule has 2 nitrogen and oxygen atoms in total. The molecule has 0 aromatic heterocycles. The zero-order valence-corrected chi connectivity index (χ0v) is 9.64. The van der Waals surface area contributed by atoms with Crippen LogP contribution >= 0.6 is 11.6 Å². The fourth-order valence-electron chi connectivity index (χ4n) is 1.24. The van der Waals surface area contributed by atoms with E-state index in [9.17, 15) is 4.39 Å². The van der Waals surface area contributed by atoms with Crippen LogP contribution in [-0.4, -0.2) is 19.7 Å². The molecule has 1 N–H and O–H groups in total. The minimum atomic E-state index is -0.450. The topological polar surface area (TPSA) is 21.3 Å². The van der Waals surface area contributed by atoms with Gasteiger partial charge in [-0.15, -0.1) is 0 Å². The van der Waals surface area contributed by atoms with Gasteiger partial charge in [0.05, 0.1) is 5.02 Å². The first-order chi connectivity index (χ1) is 7.17. The van der Waals surface area contributed by atoms with Crippen LogP contribution in [0.1, 0.15) is 13.3 Å². The van der Waals surface area contributed by atoms with Crippen LogP contribution in [0, 0.1) is 5.82 Å². The molecule has 4 heteroatoms. The van der Waals surface area contributed by atoms with Crippen LogP contribution in [0.5, 0.6) is 5.75 Å². The second kappa shape index (κ2) is 5.93. The molecule has 0 spiro atoms. The summed E-state index contributed by atoms with van der Waals surface area (Å²) in [7, 11) is 1.86. The van der Waals surface area contributed by atoms with Gasteiger partial charge in [0, 0.05) is 12.6 Å². The summed E-state index contributed by atoms with van der Waals surface area (Å²) in [6.07, 6.45) is 0.918. The largest absolute Gasteiger partial charge is 0.489 e. The molecule has 0 fully saturated rings. The number of benzene rings is 1. The Morgan fingerprint density at radius 3 is 2.80 bits per heavy atom. The van der Waals surface area contributed by atoms with E-state index in [2.05, 4.69) is 5.32 Å². The van der Waals surface area contributed by atoms with Gasteiger partial charge < -0.3 is 10.1 Å². The highest BCUT2D eigenvalue weighted by molar-refractivity contribution is 6.30. The maximum atomic E-state index is 13.1. The molecule has 0 saturated heterocycles. The van der Waals surface area contributed by atoms with Crippen molar-refractivity contribution in [3.8, 4) is 5.75 Å². The summed E-state index contributed by atoms with van der Waals surface area (Å²) in [5, 5.41) is 3.13. The van der Waals surface area contributed by atoms with Gasteiger partial charge >= 0.3 is 0 Å². The zero-order valence-electron chi connectivity index (χ0n) is 8.89. The fraction of sp³-hybridized carbons (Fsp3) is 0.455. The normalized spacial score (nSPS) is 12.5. The summed E-state index contributed by atoms with van der Waals surface area (Å²) < 4.78 is 18.7. The lowest BCUT2D eigenvalue weighted by molar-refractivity contribution is 0.196. The average molecular weight is 232 g/mol. The van der Waals surface area contributed by atoms with E-state index >= 15 is 0 Å². The maximum absolute atomic E-state index is 13.1. The molecule has 15 heavy (non-hydrogen) atoms. The van der Waals surface area contributed by atoms with E-state index in [-0.39, 0.29) is 11.1 Å². The molecule has 1 aromatic carbocycles.